The smallest absolute Gasteiger partial charge is 0.168 e. The van der Waals surface area contributed by atoms with Gasteiger partial charge in [-0.2, -0.15) is 0 Å². The maximum absolute atomic E-state index is 13.2. The van der Waals surface area contributed by atoms with Gasteiger partial charge < -0.3 is 5.32 Å². The minimum absolute atomic E-state index is 0.115. The van der Waals surface area contributed by atoms with Crippen molar-refractivity contribution in [3.63, 3.8) is 0 Å². The molecule has 0 atom stereocenters. The molecule has 0 aliphatic heterocycles. The first-order valence-electron chi connectivity index (χ1n) is 6.63. The molecule has 0 radical (unpaired) electrons. The van der Waals surface area contributed by atoms with Crippen LogP contribution in [-0.4, -0.2) is 5.78 Å². The Hall–Kier alpha value is -2.14. The van der Waals surface area contributed by atoms with Crippen molar-refractivity contribution >= 4 is 23.2 Å². The Balaban J connectivity index is 2.24. The van der Waals surface area contributed by atoms with E-state index in [-0.39, 0.29) is 17.4 Å². The van der Waals surface area contributed by atoms with Gasteiger partial charge in [-0.15, -0.1) is 0 Å². The highest BCUT2D eigenvalue weighted by Gasteiger charge is 2.11. The van der Waals surface area contributed by atoms with Gasteiger partial charge in [-0.3, -0.25) is 4.79 Å². The third-order valence-electron chi connectivity index (χ3n) is 2.85. The quantitative estimate of drug-likeness (QED) is 0.622. The van der Waals surface area contributed by atoms with Crippen LogP contribution in [0.2, 0.25) is 0 Å². The third kappa shape index (κ3) is 4.43. The van der Waals surface area contributed by atoms with Crippen molar-refractivity contribution in [2.24, 2.45) is 0 Å². The van der Waals surface area contributed by atoms with Gasteiger partial charge in [-0.1, -0.05) is 17.8 Å². The number of hydrogen-bond acceptors (Lipinski definition) is 3. The summed E-state index contributed by atoms with van der Waals surface area (Å²) in [6.07, 6.45) is 0. The van der Waals surface area contributed by atoms with E-state index in [2.05, 4.69) is 5.32 Å². The lowest BCUT2D eigenvalue weighted by Gasteiger charge is -2.12. The van der Waals surface area contributed by atoms with E-state index < -0.39 is 0 Å². The second kappa shape index (κ2) is 7.22. The fourth-order valence-corrected chi connectivity index (χ4v) is 2.73. The molecule has 5 heteroatoms. The fourth-order valence-electron chi connectivity index (χ4n) is 1.87. The first kappa shape index (κ1) is 16.2. The van der Waals surface area contributed by atoms with E-state index in [0.29, 0.717) is 16.3 Å². The van der Waals surface area contributed by atoms with E-state index in [1.165, 1.54) is 43.0 Å². The minimum Gasteiger partial charge on any atom is -0.358 e. The van der Waals surface area contributed by atoms with Crippen LogP contribution in [0.25, 0.3) is 0 Å². The van der Waals surface area contributed by atoms with Crippen LogP contribution in [0.1, 0.15) is 13.8 Å². The summed E-state index contributed by atoms with van der Waals surface area (Å²) in [7, 11) is 0. The Labute approximate surface area is 132 Å². The normalized spacial score (nSPS) is 11.8. The SMILES string of the molecule is CC(=O)/C(Sc1ccc(F)cc1)=C(/C)Nc1cccc(F)c1. The highest BCUT2D eigenvalue weighted by atomic mass is 32.2. The van der Waals surface area contributed by atoms with Crippen molar-refractivity contribution in [1.82, 2.24) is 0 Å². The maximum Gasteiger partial charge on any atom is 0.168 e. The number of carbonyl (C=O) groups excluding carboxylic acids is 1. The number of allylic oxidation sites excluding steroid dienone is 2. The summed E-state index contributed by atoms with van der Waals surface area (Å²) in [5, 5.41) is 3.02. The van der Waals surface area contributed by atoms with Crippen molar-refractivity contribution in [2.75, 3.05) is 5.32 Å². The molecule has 0 bridgehead atoms. The number of anilines is 1. The Kier molecular flexibility index (Phi) is 5.33. The van der Waals surface area contributed by atoms with E-state index in [1.54, 1.807) is 31.2 Å². The topological polar surface area (TPSA) is 29.1 Å². The molecule has 2 aromatic carbocycles. The summed E-state index contributed by atoms with van der Waals surface area (Å²) in [5.41, 5.74) is 1.18. The summed E-state index contributed by atoms with van der Waals surface area (Å²) in [4.78, 5) is 13.1. The molecule has 0 amide bonds. The molecule has 0 saturated heterocycles. The zero-order chi connectivity index (χ0) is 16.1. The number of ketones is 1. The standard InChI is InChI=1S/C17H15F2NOS/c1-11(20-15-5-3-4-14(19)10-15)17(12(2)21)22-16-8-6-13(18)7-9-16/h3-10,20H,1-2H3/b17-11+. The van der Waals surface area contributed by atoms with Crippen molar-refractivity contribution in [3.05, 3.63) is 70.8 Å². The second-order valence-corrected chi connectivity index (χ2v) is 5.79. The molecule has 0 saturated carbocycles. The molecule has 114 valence electrons. The highest BCUT2D eigenvalue weighted by molar-refractivity contribution is 8.04. The van der Waals surface area contributed by atoms with Gasteiger partial charge in [0.25, 0.3) is 0 Å². The summed E-state index contributed by atoms with van der Waals surface area (Å²) >= 11 is 1.24. The molecule has 0 aliphatic rings. The first-order valence-corrected chi connectivity index (χ1v) is 7.45. The number of nitrogens with one attached hydrogen (secondary N) is 1. The fraction of sp³-hybridized carbons (Fsp3) is 0.118. The molecule has 22 heavy (non-hydrogen) atoms. The lowest BCUT2D eigenvalue weighted by molar-refractivity contribution is -0.113. The Morgan fingerprint density at radius 1 is 1.00 bits per heavy atom. The lowest BCUT2D eigenvalue weighted by Crippen LogP contribution is -2.04. The average Bonchev–Trinajstić information content (AvgIpc) is 2.46. The molecule has 2 rings (SSSR count). The first-order chi connectivity index (χ1) is 10.5. The molecule has 0 heterocycles. The molecule has 0 aromatic heterocycles. The second-order valence-electron chi connectivity index (χ2n) is 4.70. The van der Waals surface area contributed by atoms with Gasteiger partial charge in [0.05, 0.1) is 4.91 Å². The van der Waals surface area contributed by atoms with Gasteiger partial charge in [0.1, 0.15) is 11.6 Å². The average molecular weight is 319 g/mol. The number of hydrogen-bond donors (Lipinski definition) is 1. The largest absolute Gasteiger partial charge is 0.358 e. The molecule has 0 fully saturated rings. The molecule has 2 aromatic rings. The van der Waals surface area contributed by atoms with Crippen LogP contribution in [0.3, 0.4) is 0 Å². The van der Waals surface area contributed by atoms with Crippen LogP contribution in [0, 0.1) is 11.6 Å². The van der Waals surface area contributed by atoms with Gasteiger partial charge in [-0.05, 0) is 56.3 Å². The van der Waals surface area contributed by atoms with E-state index in [4.69, 9.17) is 0 Å². The van der Waals surface area contributed by atoms with Crippen molar-refractivity contribution < 1.29 is 13.6 Å². The van der Waals surface area contributed by atoms with Crippen molar-refractivity contribution in [2.45, 2.75) is 18.7 Å². The van der Waals surface area contributed by atoms with E-state index >= 15 is 0 Å². The van der Waals surface area contributed by atoms with Gasteiger partial charge in [0.15, 0.2) is 5.78 Å². The van der Waals surface area contributed by atoms with Gasteiger partial charge in [0, 0.05) is 16.3 Å². The number of rotatable bonds is 5. The molecule has 0 spiro atoms. The van der Waals surface area contributed by atoms with E-state index in [9.17, 15) is 13.6 Å². The summed E-state index contributed by atoms with van der Waals surface area (Å²) in [6.45, 7) is 3.21. The van der Waals surface area contributed by atoms with Gasteiger partial charge in [-0.25, -0.2) is 8.78 Å². The summed E-state index contributed by atoms with van der Waals surface area (Å²) in [6, 6.07) is 11.9. The zero-order valence-corrected chi connectivity index (χ0v) is 13.0. The summed E-state index contributed by atoms with van der Waals surface area (Å²) < 4.78 is 26.1. The highest BCUT2D eigenvalue weighted by Crippen LogP contribution is 2.30. The molecular formula is C17H15F2NOS. The molecular weight excluding hydrogens is 304 g/mol. The van der Waals surface area contributed by atoms with Crippen molar-refractivity contribution in [1.29, 1.82) is 0 Å². The third-order valence-corrected chi connectivity index (χ3v) is 4.16. The molecule has 0 unspecified atom stereocenters. The molecule has 1 N–H and O–H groups in total. The number of carbonyl (C=O) groups is 1. The Morgan fingerprint density at radius 3 is 2.27 bits per heavy atom. The maximum atomic E-state index is 13.2. The monoisotopic (exact) mass is 319 g/mol. The van der Waals surface area contributed by atoms with Crippen LogP contribution in [-0.2, 0) is 4.79 Å². The number of halogens is 2. The minimum atomic E-state index is -0.353. The lowest BCUT2D eigenvalue weighted by atomic mass is 10.3. The Morgan fingerprint density at radius 2 is 1.68 bits per heavy atom. The van der Waals surface area contributed by atoms with Crippen LogP contribution in [0.5, 0.6) is 0 Å². The van der Waals surface area contributed by atoms with Crippen LogP contribution in [0.15, 0.2) is 64.0 Å². The van der Waals surface area contributed by atoms with Crippen LogP contribution < -0.4 is 5.32 Å². The van der Waals surface area contributed by atoms with Crippen LogP contribution in [0.4, 0.5) is 14.5 Å². The molecule has 0 aliphatic carbocycles. The predicted octanol–water partition coefficient (Wildman–Crippen LogP) is 4.99. The number of thioether (sulfide) groups is 1. The van der Waals surface area contributed by atoms with E-state index in [0.717, 1.165) is 4.90 Å². The van der Waals surface area contributed by atoms with Crippen molar-refractivity contribution in [3.8, 4) is 0 Å². The zero-order valence-electron chi connectivity index (χ0n) is 12.2. The number of Topliss-reactive ketones (excluding diaryl/α,β-unsaturated/α-hetero) is 1. The van der Waals surface area contributed by atoms with Crippen LogP contribution >= 0.6 is 11.8 Å². The molecule has 2 nitrogen and oxygen atoms in total. The Bertz CT molecular complexity index is 711. The van der Waals surface area contributed by atoms with Gasteiger partial charge in [0.2, 0.25) is 0 Å². The van der Waals surface area contributed by atoms with E-state index in [1.807, 2.05) is 0 Å². The predicted molar refractivity (Wildman–Crippen MR) is 85.7 cm³/mol. The summed E-state index contributed by atoms with van der Waals surface area (Å²) in [5.74, 6) is -0.795. The number of benzene rings is 2. The van der Waals surface area contributed by atoms with Gasteiger partial charge >= 0.3 is 0 Å².